The van der Waals surface area contributed by atoms with Crippen LogP contribution in [0.1, 0.15) is 41.5 Å². The fraction of sp³-hybridized carbons (Fsp3) is 1.00. The quantitative estimate of drug-likeness (QED) is 0.659. The molecule has 0 bridgehead atoms. The molecular weight excluding hydrogens is 267 g/mol. The Morgan fingerprint density at radius 3 is 1.50 bits per heavy atom. The zero-order valence-corrected chi connectivity index (χ0v) is 13.3. The van der Waals surface area contributed by atoms with Gasteiger partial charge in [0.15, 0.2) is 0 Å². The van der Waals surface area contributed by atoms with Crippen molar-refractivity contribution in [1.29, 1.82) is 0 Å². The summed E-state index contributed by atoms with van der Waals surface area (Å²) in [7, 11) is 6.21. The summed E-state index contributed by atoms with van der Waals surface area (Å²) in [5.41, 5.74) is -0.124. The summed E-state index contributed by atoms with van der Waals surface area (Å²) < 4.78 is 22.7. The van der Waals surface area contributed by atoms with Gasteiger partial charge in [-0.2, -0.15) is 0 Å². The molecule has 0 spiro atoms. The van der Waals surface area contributed by atoms with Crippen LogP contribution in [0.3, 0.4) is 0 Å². The van der Waals surface area contributed by atoms with Gasteiger partial charge in [-0.05, 0) is 21.5 Å². The molecule has 0 aromatic heterocycles. The standard InChI is InChI=1S/C10H22ClO3PS/c1-9(2,3)7-13-15(12,16-11)14-8-10(4,5)6/h7-8H2,1-6H3. The van der Waals surface area contributed by atoms with Crippen molar-refractivity contribution in [1.82, 2.24) is 0 Å². The van der Waals surface area contributed by atoms with Gasteiger partial charge in [-0.1, -0.05) is 41.5 Å². The van der Waals surface area contributed by atoms with E-state index in [1.54, 1.807) is 0 Å². The van der Waals surface area contributed by atoms with E-state index in [9.17, 15) is 4.57 Å². The Morgan fingerprint density at radius 1 is 1.00 bits per heavy atom. The largest absolute Gasteiger partial charge is 0.404 e. The third-order valence-electron chi connectivity index (χ3n) is 1.40. The highest BCUT2D eigenvalue weighted by Crippen LogP contribution is 2.63. The second-order valence-corrected chi connectivity index (χ2v) is 10.7. The minimum Gasteiger partial charge on any atom is -0.299 e. The van der Waals surface area contributed by atoms with Crippen molar-refractivity contribution < 1.29 is 13.6 Å². The average Bonchev–Trinajstić information content (AvgIpc) is 2.09. The van der Waals surface area contributed by atoms with Gasteiger partial charge in [0.25, 0.3) is 0 Å². The predicted molar refractivity (Wildman–Crippen MR) is 71.9 cm³/mol. The first kappa shape index (κ1) is 16.8. The Labute approximate surface area is 107 Å². The highest BCUT2D eigenvalue weighted by atomic mass is 35.7. The molecule has 0 aliphatic carbocycles. The van der Waals surface area contributed by atoms with Crippen molar-refractivity contribution in [3.63, 3.8) is 0 Å². The molecule has 0 atom stereocenters. The number of hydrogen-bond donors (Lipinski definition) is 0. The van der Waals surface area contributed by atoms with E-state index < -0.39 is 6.80 Å². The lowest BCUT2D eigenvalue weighted by atomic mass is 9.99. The molecule has 0 rings (SSSR count). The van der Waals surface area contributed by atoms with Crippen LogP contribution in [0.5, 0.6) is 0 Å². The highest BCUT2D eigenvalue weighted by molar-refractivity contribution is 8.66. The SMILES string of the molecule is CC(C)(C)COP(=O)(OCC(C)(C)C)SCl. The Balaban J connectivity index is 4.28. The molecular formula is C10H22ClO3PS. The molecule has 0 aromatic rings. The molecule has 0 amide bonds. The van der Waals surface area contributed by atoms with Crippen LogP contribution in [0.15, 0.2) is 0 Å². The van der Waals surface area contributed by atoms with Gasteiger partial charge in [0.05, 0.1) is 23.8 Å². The molecule has 0 aromatic carbocycles. The summed E-state index contributed by atoms with van der Waals surface area (Å²) in [5, 5.41) is 0. The Morgan fingerprint density at radius 2 is 1.31 bits per heavy atom. The zero-order valence-electron chi connectivity index (χ0n) is 10.9. The van der Waals surface area contributed by atoms with Gasteiger partial charge >= 0.3 is 6.80 Å². The van der Waals surface area contributed by atoms with E-state index >= 15 is 0 Å². The first-order valence-electron chi connectivity index (χ1n) is 5.17. The minimum atomic E-state index is -3.21. The number of halogens is 1. The molecule has 0 heterocycles. The second-order valence-electron chi connectivity index (χ2n) is 6.18. The van der Waals surface area contributed by atoms with E-state index in [0.29, 0.717) is 23.8 Å². The van der Waals surface area contributed by atoms with E-state index in [4.69, 9.17) is 19.7 Å². The summed E-state index contributed by atoms with van der Waals surface area (Å²) in [6, 6.07) is 0. The molecule has 0 saturated heterocycles. The van der Waals surface area contributed by atoms with Crippen LogP contribution in [0.4, 0.5) is 0 Å². The van der Waals surface area contributed by atoms with Gasteiger partial charge in [0.1, 0.15) is 0 Å². The van der Waals surface area contributed by atoms with Crippen molar-refractivity contribution >= 4 is 28.1 Å². The van der Waals surface area contributed by atoms with E-state index in [2.05, 4.69) is 0 Å². The molecule has 98 valence electrons. The van der Waals surface area contributed by atoms with Gasteiger partial charge in [0.2, 0.25) is 0 Å². The summed E-state index contributed by atoms with van der Waals surface area (Å²) in [5.74, 6) is 0. The third kappa shape index (κ3) is 8.89. The smallest absolute Gasteiger partial charge is 0.299 e. The molecule has 0 unspecified atom stereocenters. The third-order valence-corrected chi connectivity index (χ3v) is 5.12. The number of hydrogen-bond acceptors (Lipinski definition) is 4. The second kappa shape index (κ2) is 6.10. The zero-order chi connectivity index (χ0) is 13.0. The van der Waals surface area contributed by atoms with Crippen LogP contribution in [0, 0.1) is 10.8 Å². The van der Waals surface area contributed by atoms with E-state index in [0.717, 1.165) is 0 Å². The van der Waals surface area contributed by atoms with Gasteiger partial charge in [-0.25, -0.2) is 4.57 Å². The van der Waals surface area contributed by atoms with Gasteiger partial charge in [-0.3, -0.25) is 9.05 Å². The lowest BCUT2D eigenvalue weighted by Crippen LogP contribution is -2.16. The monoisotopic (exact) mass is 288 g/mol. The lowest BCUT2D eigenvalue weighted by molar-refractivity contribution is 0.133. The maximum atomic E-state index is 12.1. The molecule has 0 aliphatic rings. The Bertz CT molecular complexity index is 236. The van der Waals surface area contributed by atoms with Crippen LogP contribution in [-0.2, 0) is 13.6 Å². The summed E-state index contributed by atoms with van der Waals surface area (Å²) in [6.45, 7) is 9.50. The average molecular weight is 289 g/mol. The molecule has 0 N–H and O–H groups in total. The van der Waals surface area contributed by atoms with Crippen LogP contribution >= 0.6 is 28.1 Å². The molecule has 0 aliphatic heterocycles. The van der Waals surface area contributed by atoms with Crippen LogP contribution in [-0.4, -0.2) is 13.2 Å². The van der Waals surface area contributed by atoms with E-state index in [1.807, 2.05) is 41.5 Å². The normalized spacial score (nSPS) is 14.2. The van der Waals surface area contributed by atoms with Crippen LogP contribution in [0.25, 0.3) is 0 Å². The van der Waals surface area contributed by atoms with Crippen LogP contribution < -0.4 is 0 Å². The molecule has 0 saturated carbocycles. The van der Waals surface area contributed by atoms with Crippen LogP contribution in [0.2, 0.25) is 0 Å². The first-order valence-corrected chi connectivity index (χ1v) is 8.96. The molecule has 0 fully saturated rings. The fourth-order valence-corrected chi connectivity index (χ4v) is 3.14. The molecule has 6 heteroatoms. The van der Waals surface area contributed by atoms with E-state index in [-0.39, 0.29) is 10.8 Å². The van der Waals surface area contributed by atoms with Crippen molar-refractivity contribution in [3.05, 3.63) is 0 Å². The predicted octanol–water partition coefficient (Wildman–Crippen LogP) is 5.11. The van der Waals surface area contributed by atoms with Crippen molar-refractivity contribution in [2.24, 2.45) is 10.8 Å². The maximum absolute atomic E-state index is 12.1. The van der Waals surface area contributed by atoms with Crippen molar-refractivity contribution in [2.45, 2.75) is 41.5 Å². The van der Waals surface area contributed by atoms with Crippen molar-refractivity contribution in [3.8, 4) is 0 Å². The van der Waals surface area contributed by atoms with Crippen molar-refractivity contribution in [2.75, 3.05) is 13.2 Å². The topological polar surface area (TPSA) is 35.5 Å². The molecule has 3 nitrogen and oxygen atoms in total. The maximum Gasteiger partial charge on any atom is 0.404 e. The molecule has 16 heavy (non-hydrogen) atoms. The first-order chi connectivity index (χ1) is 6.97. The molecule has 0 radical (unpaired) electrons. The van der Waals surface area contributed by atoms with Gasteiger partial charge in [0, 0.05) is 0 Å². The Kier molecular flexibility index (Phi) is 6.40. The fourth-order valence-electron chi connectivity index (χ4n) is 0.623. The van der Waals surface area contributed by atoms with Gasteiger partial charge in [-0.15, -0.1) is 0 Å². The van der Waals surface area contributed by atoms with E-state index in [1.165, 1.54) is 0 Å². The summed E-state index contributed by atoms with van der Waals surface area (Å²) in [6.07, 6.45) is 0. The number of rotatable bonds is 5. The van der Waals surface area contributed by atoms with Gasteiger partial charge < -0.3 is 0 Å². The Hall–Kier alpha value is 0.790. The highest BCUT2D eigenvalue weighted by Gasteiger charge is 2.29. The minimum absolute atomic E-state index is 0.0621. The lowest BCUT2D eigenvalue weighted by Gasteiger charge is -2.24. The summed E-state index contributed by atoms with van der Waals surface area (Å²) >= 11 is 0. The summed E-state index contributed by atoms with van der Waals surface area (Å²) in [4.78, 5) is 0.